The fraction of sp³-hybridized carbons (Fsp3) is 0.478. The molecule has 164 valence electrons. The van der Waals surface area contributed by atoms with E-state index >= 15 is 0 Å². The lowest BCUT2D eigenvalue weighted by Crippen LogP contribution is -2.53. The number of hydrogen-bond acceptors (Lipinski definition) is 5. The summed E-state index contributed by atoms with van der Waals surface area (Å²) in [7, 11) is 0. The molecule has 1 aliphatic rings. The predicted octanol–water partition coefficient (Wildman–Crippen LogP) is 2.63. The molecule has 1 unspecified atom stereocenters. The van der Waals surface area contributed by atoms with Crippen molar-refractivity contribution in [3.63, 3.8) is 0 Å². The van der Waals surface area contributed by atoms with Gasteiger partial charge in [-0.1, -0.05) is 50.3 Å². The first-order chi connectivity index (χ1) is 14.3. The summed E-state index contributed by atoms with van der Waals surface area (Å²) >= 11 is 0. The summed E-state index contributed by atoms with van der Waals surface area (Å²) < 4.78 is 11.6. The standard InChI is InChI=1S/C23H32N2O5/c1-16(2)13-20(23(27)28)24-15-21(30-22-11-7-8-12-29-22)19(25-17(3)26)14-18-9-5-4-6-10-18/h4-12,16,19-22,24H,13-15H2,1-3H3,(H,25,26)(H,27,28)/t19-,20+,21?,22-/m1/s1. The van der Waals surface area contributed by atoms with Crippen LogP contribution in [0.2, 0.25) is 0 Å². The lowest BCUT2D eigenvalue weighted by molar-refractivity contribution is -0.142. The molecule has 2 rings (SSSR count). The van der Waals surface area contributed by atoms with E-state index in [0.717, 1.165) is 5.56 Å². The molecule has 0 aromatic heterocycles. The summed E-state index contributed by atoms with van der Waals surface area (Å²) in [5.41, 5.74) is 1.04. The molecule has 1 aromatic rings. The van der Waals surface area contributed by atoms with Crippen molar-refractivity contribution in [2.24, 2.45) is 5.92 Å². The van der Waals surface area contributed by atoms with Gasteiger partial charge in [-0.05, 0) is 36.5 Å². The highest BCUT2D eigenvalue weighted by Gasteiger charge is 2.29. The third-order valence-electron chi connectivity index (χ3n) is 4.69. The van der Waals surface area contributed by atoms with Crippen LogP contribution < -0.4 is 10.6 Å². The first-order valence-corrected chi connectivity index (χ1v) is 10.3. The maximum Gasteiger partial charge on any atom is 0.320 e. The molecule has 0 spiro atoms. The van der Waals surface area contributed by atoms with Crippen LogP contribution in [0.25, 0.3) is 0 Å². The molecule has 7 nitrogen and oxygen atoms in total. The topological polar surface area (TPSA) is 96.9 Å². The Balaban J connectivity index is 2.18. The van der Waals surface area contributed by atoms with Crippen molar-refractivity contribution in [1.82, 2.24) is 10.6 Å². The summed E-state index contributed by atoms with van der Waals surface area (Å²) in [6.07, 6.45) is 6.80. The first kappa shape index (κ1) is 23.6. The largest absolute Gasteiger partial charge is 0.480 e. The molecule has 0 saturated heterocycles. The van der Waals surface area contributed by atoms with Crippen molar-refractivity contribution >= 4 is 11.9 Å². The molecule has 0 aliphatic carbocycles. The van der Waals surface area contributed by atoms with Crippen LogP contribution >= 0.6 is 0 Å². The SMILES string of the molecule is CC(=O)N[C@H](Cc1ccccc1)C(CN[C@@H](CC(C)C)C(=O)O)O[C@@H]1C=CC=CO1. The minimum Gasteiger partial charge on any atom is -0.480 e. The molecule has 3 N–H and O–H groups in total. The van der Waals surface area contributed by atoms with Gasteiger partial charge in [0.2, 0.25) is 12.2 Å². The van der Waals surface area contributed by atoms with Crippen molar-refractivity contribution in [1.29, 1.82) is 0 Å². The third kappa shape index (κ3) is 8.39. The highest BCUT2D eigenvalue weighted by molar-refractivity contribution is 5.74. The number of carbonyl (C=O) groups excluding carboxylic acids is 1. The van der Waals surface area contributed by atoms with Gasteiger partial charge in [-0.2, -0.15) is 0 Å². The summed E-state index contributed by atoms with van der Waals surface area (Å²) in [6, 6.07) is 8.71. The number of carboxylic acids is 1. The second kappa shape index (κ2) is 12.1. The Hall–Kier alpha value is -2.64. The number of hydrogen-bond donors (Lipinski definition) is 3. The molecular formula is C23H32N2O5. The van der Waals surface area contributed by atoms with Crippen LogP contribution in [0, 0.1) is 5.92 Å². The van der Waals surface area contributed by atoms with Crippen molar-refractivity contribution in [2.45, 2.75) is 58.1 Å². The van der Waals surface area contributed by atoms with Gasteiger partial charge >= 0.3 is 5.97 Å². The van der Waals surface area contributed by atoms with Crippen molar-refractivity contribution < 1.29 is 24.2 Å². The number of rotatable bonds is 12. The minimum atomic E-state index is -0.904. The smallest absolute Gasteiger partial charge is 0.320 e. The Morgan fingerprint density at radius 1 is 1.20 bits per heavy atom. The van der Waals surface area contributed by atoms with E-state index in [-0.39, 0.29) is 24.4 Å². The molecule has 0 saturated carbocycles. The number of carbonyl (C=O) groups is 2. The number of nitrogens with one attached hydrogen (secondary N) is 2. The Morgan fingerprint density at radius 2 is 1.93 bits per heavy atom. The predicted molar refractivity (Wildman–Crippen MR) is 115 cm³/mol. The Bertz CT molecular complexity index is 732. The van der Waals surface area contributed by atoms with Crippen LogP contribution in [0.3, 0.4) is 0 Å². The number of amides is 1. The molecule has 7 heteroatoms. The zero-order valence-electron chi connectivity index (χ0n) is 17.8. The molecular weight excluding hydrogens is 384 g/mol. The normalized spacial score (nSPS) is 18.5. The fourth-order valence-corrected chi connectivity index (χ4v) is 3.31. The lowest BCUT2D eigenvalue weighted by atomic mass is 9.99. The molecule has 1 aromatic carbocycles. The van der Waals surface area contributed by atoms with Crippen LogP contribution in [-0.2, 0) is 25.5 Å². The third-order valence-corrected chi connectivity index (χ3v) is 4.69. The number of ether oxygens (including phenoxy) is 2. The van der Waals surface area contributed by atoms with Crippen molar-refractivity contribution in [2.75, 3.05) is 6.54 Å². The number of carboxylic acid groups (broad SMARTS) is 1. The van der Waals surface area contributed by atoms with E-state index in [0.29, 0.717) is 12.8 Å². The summed E-state index contributed by atoms with van der Waals surface area (Å²) in [4.78, 5) is 23.6. The maximum absolute atomic E-state index is 11.9. The summed E-state index contributed by atoms with van der Waals surface area (Å²) in [6.45, 7) is 5.67. The molecule has 1 heterocycles. The number of allylic oxidation sites excluding steroid dienone is 2. The first-order valence-electron chi connectivity index (χ1n) is 10.3. The van der Waals surface area contributed by atoms with E-state index in [1.54, 1.807) is 18.4 Å². The Kier molecular flexibility index (Phi) is 9.57. The zero-order chi connectivity index (χ0) is 21.9. The van der Waals surface area contributed by atoms with Gasteiger partial charge in [-0.15, -0.1) is 0 Å². The van der Waals surface area contributed by atoms with Gasteiger partial charge in [-0.3, -0.25) is 9.59 Å². The van der Waals surface area contributed by atoms with E-state index < -0.39 is 24.4 Å². The monoisotopic (exact) mass is 416 g/mol. The summed E-state index contributed by atoms with van der Waals surface area (Å²) in [5, 5.41) is 15.6. The number of aliphatic carboxylic acids is 1. The molecule has 0 bridgehead atoms. The van der Waals surface area contributed by atoms with Crippen LogP contribution in [0.1, 0.15) is 32.8 Å². The van der Waals surface area contributed by atoms with E-state index in [1.165, 1.54) is 6.92 Å². The van der Waals surface area contributed by atoms with Crippen molar-refractivity contribution in [3.8, 4) is 0 Å². The van der Waals surface area contributed by atoms with Gasteiger partial charge in [0.15, 0.2) is 0 Å². The average molecular weight is 417 g/mol. The molecule has 0 radical (unpaired) electrons. The van der Waals surface area contributed by atoms with E-state index in [1.807, 2.05) is 50.3 Å². The molecule has 4 atom stereocenters. The zero-order valence-corrected chi connectivity index (χ0v) is 17.8. The van der Waals surface area contributed by atoms with Gasteiger partial charge in [0, 0.05) is 13.5 Å². The summed E-state index contributed by atoms with van der Waals surface area (Å²) in [5.74, 6) is -0.858. The van der Waals surface area contributed by atoms with Gasteiger partial charge in [0.25, 0.3) is 0 Å². The number of benzene rings is 1. The van der Waals surface area contributed by atoms with Crippen LogP contribution in [-0.4, -0.2) is 48.0 Å². The lowest BCUT2D eigenvalue weighted by Gasteiger charge is -2.32. The van der Waals surface area contributed by atoms with Crippen LogP contribution in [0.5, 0.6) is 0 Å². The quantitative estimate of drug-likeness (QED) is 0.485. The van der Waals surface area contributed by atoms with Gasteiger partial charge in [0.05, 0.1) is 18.4 Å². The van der Waals surface area contributed by atoms with E-state index in [9.17, 15) is 14.7 Å². The second-order valence-electron chi connectivity index (χ2n) is 7.82. The van der Waals surface area contributed by atoms with E-state index in [4.69, 9.17) is 9.47 Å². The highest BCUT2D eigenvalue weighted by Crippen LogP contribution is 2.15. The van der Waals surface area contributed by atoms with Gasteiger partial charge in [0.1, 0.15) is 6.04 Å². The molecule has 30 heavy (non-hydrogen) atoms. The minimum absolute atomic E-state index is 0.179. The molecule has 0 fully saturated rings. The highest BCUT2D eigenvalue weighted by atomic mass is 16.7. The van der Waals surface area contributed by atoms with Crippen LogP contribution in [0.15, 0.2) is 54.8 Å². The average Bonchev–Trinajstić information content (AvgIpc) is 2.70. The maximum atomic E-state index is 11.9. The Labute approximate surface area is 178 Å². The van der Waals surface area contributed by atoms with Crippen molar-refractivity contribution in [3.05, 3.63) is 60.4 Å². The Morgan fingerprint density at radius 3 is 2.50 bits per heavy atom. The molecule has 1 aliphatic heterocycles. The fourth-order valence-electron chi connectivity index (χ4n) is 3.31. The van der Waals surface area contributed by atoms with E-state index in [2.05, 4.69) is 10.6 Å². The van der Waals surface area contributed by atoms with Crippen LogP contribution in [0.4, 0.5) is 0 Å². The van der Waals surface area contributed by atoms with Gasteiger partial charge < -0.3 is 25.2 Å². The second-order valence-corrected chi connectivity index (χ2v) is 7.82. The van der Waals surface area contributed by atoms with Gasteiger partial charge in [-0.25, -0.2) is 0 Å². The molecule has 1 amide bonds.